The summed E-state index contributed by atoms with van der Waals surface area (Å²) in [7, 11) is 1.71. The van der Waals surface area contributed by atoms with E-state index in [-0.39, 0.29) is 0 Å². The summed E-state index contributed by atoms with van der Waals surface area (Å²) in [6.45, 7) is 3.39. The number of hydrogen-bond donors (Lipinski definition) is 1. The lowest BCUT2D eigenvalue weighted by atomic mass is 10.1. The highest BCUT2D eigenvalue weighted by molar-refractivity contribution is 5.28. The molecule has 1 fully saturated rings. The van der Waals surface area contributed by atoms with Crippen molar-refractivity contribution in [3.05, 3.63) is 29.8 Å². The fraction of sp³-hybridized carbons (Fsp3) is 0.571. The van der Waals surface area contributed by atoms with Crippen molar-refractivity contribution < 1.29 is 4.74 Å². The fourth-order valence-electron chi connectivity index (χ4n) is 2.40. The van der Waals surface area contributed by atoms with Gasteiger partial charge in [0.15, 0.2) is 0 Å². The van der Waals surface area contributed by atoms with Gasteiger partial charge in [-0.1, -0.05) is 12.1 Å². The first-order valence-corrected chi connectivity index (χ1v) is 6.39. The third-order valence-corrected chi connectivity index (χ3v) is 3.38. The third-order valence-electron chi connectivity index (χ3n) is 3.38. The zero-order chi connectivity index (χ0) is 12.1. The van der Waals surface area contributed by atoms with E-state index in [0.717, 1.165) is 31.7 Å². The van der Waals surface area contributed by atoms with Crippen LogP contribution in [0.4, 0.5) is 0 Å². The molecule has 2 rings (SSSR count). The van der Waals surface area contributed by atoms with Gasteiger partial charge in [-0.3, -0.25) is 0 Å². The number of nitrogens with zero attached hydrogens (tertiary/aromatic N) is 1. The van der Waals surface area contributed by atoms with Crippen LogP contribution >= 0.6 is 0 Å². The van der Waals surface area contributed by atoms with Gasteiger partial charge in [0.2, 0.25) is 0 Å². The number of nitrogens with two attached hydrogens (primary N) is 1. The topological polar surface area (TPSA) is 38.5 Å². The Labute approximate surface area is 104 Å². The minimum atomic E-state index is 0.395. The van der Waals surface area contributed by atoms with Crippen molar-refractivity contribution in [1.82, 2.24) is 4.90 Å². The van der Waals surface area contributed by atoms with E-state index in [2.05, 4.69) is 23.1 Å². The number of rotatable bonds is 5. The first kappa shape index (κ1) is 12.4. The molecule has 1 aliphatic heterocycles. The molecule has 0 spiro atoms. The van der Waals surface area contributed by atoms with Crippen LogP contribution in [0.3, 0.4) is 0 Å². The van der Waals surface area contributed by atoms with E-state index in [1.807, 2.05) is 6.07 Å². The van der Waals surface area contributed by atoms with Crippen LogP contribution in [-0.2, 0) is 6.42 Å². The van der Waals surface area contributed by atoms with Gasteiger partial charge in [0.1, 0.15) is 5.75 Å². The normalized spacial score (nSPS) is 20.7. The molecule has 0 unspecified atom stereocenters. The van der Waals surface area contributed by atoms with Gasteiger partial charge in [-0.25, -0.2) is 0 Å². The smallest absolute Gasteiger partial charge is 0.119 e. The molecule has 0 radical (unpaired) electrons. The van der Waals surface area contributed by atoms with Gasteiger partial charge in [-0.2, -0.15) is 0 Å². The average Bonchev–Trinajstić information content (AvgIpc) is 2.75. The van der Waals surface area contributed by atoms with E-state index in [4.69, 9.17) is 10.5 Å². The molecule has 94 valence electrons. The number of hydrogen-bond acceptors (Lipinski definition) is 3. The predicted molar refractivity (Wildman–Crippen MR) is 70.3 cm³/mol. The lowest BCUT2D eigenvalue weighted by Gasteiger charge is -2.14. The van der Waals surface area contributed by atoms with Gasteiger partial charge in [-0.05, 0) is 50.0 Å². The van der Waals surface area contributed by atoms with Crippen LogP contribution in [-0.4, -0.2) is 37.7 Å². The maximum absolute atomic E-state index is 5.89. The van der Waals surface area contributed by atoms with Crippen molar-refractivity contribution in [2.75, 3.05) is 26.7 Å². The zero-order valence-electron chi connectivity index (χ0n) is 10.6. The van der Waals surface area contributed by atoms with Gasteiger partial charge in [-0.15, -0.1) is 0 Å². The molecule has 3 nitrogen and oxygen atoms in total. The minimum Gasteiger partial charge on any atom is -0.497 e. The molecular weight excluding hydrogens is 212 g/mol. The molecule has 0 aliphatic carbocycles. The summed E-state index contributed by atoms with van der Waals surface area (Å²) >= 11 is 0. The molecule has 2 N–H and O–H groups in total. The first-order chi connectivity index (χ1) is 8.28. The van der Waals surface area contributed by atoms with Crippen molar-refractivity contribution in [3.8, 4) is 5.75 Å². The quantitative estimate of drug-likeness (QED) is 0.842. The van der Waals surface area contributed by atoms with Gasteiger partial charge < -0.3 is 15.4 Å². The van der Waals surface area contributed by atoms with E-state index in [1.165, 1.54) is 18.5 Å². The Kier molecular flexibility index (Phi) is 4.40. The van der Waals surface area contributed by atoms with Crippen LogP contribution in [0.15, 0.2) is 24.3 Å². The molecule has 1 aromatic carbocycles. The van der Waals surface area contributed by atoms with E-state index < -0.39 is 0 Å². The monoisotopic (exact) mass is 234 g/mol. The van der Waals surface area contributed by atoms with Crippen LogP contribution in [0.2, 0.25) is 0 Å². The van der Waals surface area contributed by atoms with Crippen LogP contribution in [0.5, 0.6) is 5.75 Å². The highest BCUT2D eigenvalue weighted by Crippen LogP contribution is 2.14. The molecule has 1 aliphatic rings. The Morgan fingerprint density at radius 1 is 1.47 bits per heavy atom. The van der Waals surface area contributed by atoms with Crippen molar-refractivity contribution in [2.24, 2.45) is 5.73 Å². The van der Waals surface area contributed by atoms with Gasteiger partial charge in [0.25, 0.3) is 0 Å². The molecule has 1 heterocycles. The summed E-state index contributed by atoms with van der Waals surface area (Å²) in [6, 6.07) is 8.73. The molecule has 1 atom stereocenters. The molecular formula is C14H22N2O. The number of benzene rings is 1. The predicted octanol–water partition coefficient (Wildman–Crippen LogP) is 1.66. The van der Waals surface area contributed by atoms with Crippen LogP contribution in [0.25, 0.3) is 0 Å². The van der Waals surface area contributed by atoms with E-state index in [0.29, 0.717) is 6.04 Å². The SMILES string of the molecule is COc1cccc(CCCN2CC[C@H](N)C2)c1. The Hall–Kier alpha value is -1.06. The van der Waals surface area contributed by atoms with E-state index in [1.54, 1.807) is 7.11 Å². The fourth-order valence-corrected chi connectivity index (χ4v) is 2.40. The average molecular weight is 234 g/mol. The maximum atomic E-state index is 5.89. The first-order valence-electron chi connectivity index (χ1n) is 6.39. The Bertz CT molecular complexity index is 354. The molecule has 0 bridgehead atoms. The standard InChI is InChI=1S/C14H22N2O/c1-17-14-6-2-4-12(10-14)5-3-8-16-9-7-13(15)11-16/h2,4,6,10,13H,3,5,7-9,11,15H2,1H3/t13-/m0/s1. The second-order valence-corrected chi connectivity index (χ2v) is 4.80. The summed E-state index contributed by atoms with van der Waals surface area (Å²) < 4.78 is 5.22. The molecule has 17 heavy (non-hydrogen) atoms. The van der Waals surface area contributed by atoms with Gasteiger partial charge in [0.05, 0.1) is 7.11 Å². The number of aryl methyl sites for hydroxylation is 1. The summed E-state index contributed by atoms with van der Waals surface area (Å²) in [6.07, 6.45) is 3.46. The second kappa shape index (κ2) is 6.03. The highest BCUT2D eigenvalue weighted by Gasteiger charge is 2.17. The Morgan fingerprint density at radius 3 is 3.06 bits per heavy atom. The Balaban J connectivity index is 1.74. The van der Waals surface area contributed by atoms with Crippen molar-refractivity contribution in [2.45, 2.75) is 25.3 Å². The van der Waals surface area contributed by atoms with E-state index >= 15 is 0 Å². The lowest BCUT2D eigenvalue weighted by molar-refractivity contribution is 0.329. The third kappa shape index (κ3) is 3.72. The number of ether oxygens (including phenoxy) is 1. The van der Waals surface area contributed by atoms with Crippen LogP contribution in [0, 0.1) is 0 Å². The molecule has 0 saturated carbocycles. The van der Waals surface area contributed by atoms with Gasteiger partial charge in [0, 0.05) is 12.6 Å². The lowest BCUT2D eigenvalue weighted by Crippen LogP contribution is -2.27. The molecule has 0 amide bonds. The minimum absolute atomic E-state index is 0.395. The molecule has 0 aromatic heterocycles. The summed E-state index contributed by atoms with van der Waals surface area (Å²) in [5.74, 6) is 0.950. The van der Waals surface area contributed by atoms with Crippen molar-refractivity contribution in [1.29, 1.82) is 0 Å². The van der Waals surface area contributed by atoms with E-state index in [9.17, 15) is 0 Å². The summed E-state index contributed by atoms with van der Waals surface area (Å²) in [5.41, 5.74) is 7.24. The van der Waals surface area contributed by atoms with Crippen molar-refractivity contribution >= 4 is 0 Å². The number of likely N-dealkylation sites (tertiary alicyclic amines) is 1. The van der Waals surface area contributed by atoms with Gasteiger partial charge >= 0.3 is 0 Å². The van der Waals surface area contributed by atoms with Crippen LogP contribution in [0.1, 0.15) is 18.4 Å². The zero-order valence-corrected chi connectivity index (χ0v) is 10.6. The second-order valence-electron chi connectivity index (χ2n) is 4.80. The largest absolute Gasteiger partial charge is 0.497 e. The Morgan fingerprint density at radius 2 is 2.35 bits per heavy atom. The molecule has 1 saturated heterocycles. The maximum Gasteiger partial charge on any atom is 0.119 e. The van der Waals surface area contributed by atoms with Crippen molar-refractivity contribution in [3.63, 3.8) is 0 Å². The highest BCUT2D eigenvalue weighted by atomic mass is 16.5. The summed E-state index contributed by atoms with van der Waals surface area (Å²) in [5, 5.41) is 0. The summed E-state index contributed by atoms with van der Waals surface area (Å²) in [4.78, 5) is 2.46. The molecule has 1 aromatic rings. The molecule has 3 heteroatoms. The van der Waals surface area contributed by atoms with Crippen LogP contribution < -0.4 is 10.5 Å². The number of methoxy groups -OCH3 is 1.